The van der Waals surface area contributed by atoms with E-state index in [2.05, 4.69) is 0 Å². The van der Waals surface area contributed by atoms with Crippen LogP contribution in [0.15, 0.2) is 0 Å². The number of halogens is 10. The Bertz CT molecular complexity index is 1040. The first kappa shape index (κ1) is 28.3. The van der Waals surface area contributed by atoms with Crippen LogP contribution in [0.4, 0.5) is 43.9 Å². The van der Waals surface area contributed by atoms with E-state index in [1.807, 2.05) is 27.7 Å². The molecule has 0 radical (unpaired) electrons. The highest BCUT2D eigenvalue weighted by Gasteiger charge is 2.44. The number of rotatable bonds is 6. The van der Waals surface area contributed by atoms with Crippen LogP contribution in [0.25, 0.3) is 0 Å². The lowest BCUT2D eigenvalue weighted by atomic mass is 9.37. The van der Waals surface area contributed by atoms with Crippen LogP contribution < -0.4 is 15.8 Å². The zero-order valence-electron chi connectivity index (χ0n) is 20.2. The minimum atomic E-state index is -3.47. The van der Waals surface area contributed by atoms with Crippen molar-refractivity contribution in [3.63, 3.8) is 0 Å². The van der Waals surface area contributed by atoms with Gasteiger partial charge in [0.25, 0.3) is 0 Å². The first-order valence-electron chi connectivity index (χ1n) is 11.7. The first-order valence-corrected chi connectivity index (χ1v) is 11.7. The molecule has 1 heterocycles. The van der Waals surface area contributed by atoms with Gasteiger partial charge in [-0.05, 0) is 40.5 Å². The SMILES string of the molecule is CC1(C)CCCC(C)(C)[NH+]1CCC[BH-](c1c(F)c(F)c(F)c(F)c1F)c1c(F)c(F)c(F)c(F)c1F. The Hall–Kier alpha value is -2.24. The minimum absolute atomic E-state index is 0.0405. The van der Waals surface area contributed by atoms with Gasteiger partial charge in [-0.25, -0.2) is 43.9 Å². The van der Waals surface area contributed by atoms with Crippen LogP contribution in [0.1, 0.15) is 53.4 Å². The molecular weight excluding hydrogens is 503 g/mol. The van der Waals surface area contributed by atoms with E-state index >= 15 is 0 Å². The number of nitrogens with one attached hydrogen (secondary N) is 1. The van der Waals surface area contributed by atoms with Crippen LogP contribution in [0.3, 0.4) is 0 Å². The molecule has 0 bridgehead atoms. The summed E-state index contributed by atoms with van der Waals surface area (Å²) in [6.45, 7) is 4.75. The van der Waals surface area contributed by atoms with Gasteiger partial charge in [0.2, 0.25) is 0 Å². The van der Waals surface area contributed by atoms with Gasteiger partial charge < -0.3 is 4.90 Å². The van der Waals surface area contributed by atoms with Crippen LogP contribution in [0.2, 0.25) is 6.32 Å². The predicted octanol–water partition coefficient (Wildman–Crippen LogP) is 4.44. The van der Waals surface area contributed by atoms with Crippen molar-refractivity contribution >= 4 is 17.6 Å². The van der Waals surface area contributed by atoms with Crippen LogP contribution in [-0.4, -0.2) is 24.3 Å². The molecule has 1 fully saturated rings. The van der Waals surface area contributed by atoms with Crippen molar-refractivity contribution in [3.05, 3.63) is 58.2 Å². The molecule has 1 N–H and O–H groups in total. The maximum absolute atomic E-state index is 14.7. The molecule has 3 rings (SSSR count). The zero-order valence-corrected chi connectivity index (χ0v) is 20.2. The second-order valence-electron chi connectivity index (χ2n) is 10.8. The highest BCUT2D eigenvalue weighted by atomic mass is 19.2. The summed E-state index contributed by atoms with van der Waals surface area (Å²) in [7, 11) is 0. The first-order chi connectivity index (χ1) is 16.5. The second kappa shape index (κ2) is 9.91. The van der Waals surface area contributed by atoms with Crippen molar-refractivity contribution in [3.8, 4) is 0 Å². The largest absolute Gasteiger partial charge is 0.326 e. The van der Waals surface area contributed by atoms with Crippen molar-refractivity contribution < 1.29 is 48.8 Å². The third kappa shape index (κ3) is 4.73. The van der Waals surface area contributed by atoms with E-state index in [9.17, 15) is 43.9 Å². The Labute approximate surface area is 202 Å². The average Bonchev–Trinajstić information content (AvgIpc) is 2.80. The average molecular weight is 529 g/mol. The highest BCUT2D eigenvalue weighted by molar-refractivity contribution is 6.85. The number of piperidine rings is 1. The molecular formula is C24H26BF10N. The summed E-state index contributed by atoms with van der Waals surface area (Å²) in [5.74, 6) is -23.9. The molecule has 0 saturated carbocycles. The summed E-state index contributed by atoms with van der Waals surface area (Å²) < 4.78 is 142. The Morgan fingerprint density at radius 3 is 1.19 bits per heavy atom. The fraction of sp³-hybridized carbons (Fsp3) is 0.500. The summed E-state index contributed by atoms with van der Waals surface area (Å²) in [4.78, 5) is 1.04. The summed E-state index contributed by atoms with van der Waals surface area (Å²) in [6, 6.07) is 0. The van der Waals surface area contributed by atoms with E-state index in [1.165, 1.54) is 0 Å². The van der Waals surface area contributed by atoms with Gasteiger partial charge in [0.15, 0.2) is 34.9 Å². The molecule has 0 aliphatic carbocycles. The fourth-order valence-electron chi connectivity index (χ4n) is 6.00. The van der Waals surface area contributed by atoms with Crippen LogP contribution in [0.5, 0.6) is 0 Å². The van der Waals surface area contributed by atoms with Gasteiger partial charge in [-0.15, -0.1) is 10.9 Å². The topological polar surface area (TPSA) is 4.44 Å². The molecule has 0 aromatic heterocycles. The number of likely N-dealkylation sites (tertiary alicyclic amines) is 1. The van der Waals surface area contributed by atoms with Gasteiger partial charge in [-0.1, -0.05) is 0 Å². The highest BCUT2D eigenvalue weighted by Crippen LogP contribution is 2.25. The maximum Gasteiger partial charge on any atom is 0.200 e. The molecule has 2 aromatic rings. The van der Waals surface area contributed by atoms with Gasteiger partial charge in [0.1, 0.15) is 23.3 Å². The summed E-state index contributed by atoms with van der Waals surface area (Å²) in [5, 5.41) is 0. The number of hydrogen-bond donors (Lipinski definition) is 1. The van der Waals surface area contributed by atoms with Crippen molar-refractivity contribution in [1.29, 1.82) is 0 Å². The van der Waals surface area contributed by atoms with Crippen molar-refractivity contribution in [2.24, 2.45) is 0 Å². The molecule has 200 valence electrons. The number of benzene rings is 2. The molecule has 0 atom stereocenters. The Kier molecular flexibility index (Phi) is 7.80. The van der Waals surface area contributed by atoms with E-state index in [0.29, 0.717) is 0 Å². The maximum atomic E-state index is 14.7. The standard InChI is InChI=1S/C24H25BF10N/c1-23(2)7-5-8-24(3,4)36(23)10-6-9-25(11-13(26)17(30)21(34)18(31)14(11)27)12-15(28)19(32)22(35)20(33)16(12)29/h25H,5-10H2,1-4H3/q-1/p+1. The van der Waals surface area contributed by atoms with Crippen molar-refractivity contribution in [1.82, 2.24) is 0 Å². The summed E-state index contributed by atoms with van der Waals surface area (Å²) in [5.41, 5.74) is -3.66. The summed E-state index contributed by atoms with van der Waals surface area (Å²) >= 11 is 0. The molecule has 1 nitrogen and oxygen atoms in total. The lowest BCUT2D eigenvalue weighted by Gasteiger charge is -2.50. The zero-order chi connectivity index (χ0) is 27.3. The molecule has 2 aromatic carbocycles. The molecule has 1 saturated heterocycles. The predicted molar refractivity (Wildman–Crippen MR) is 116 cm³/mol. The number of hydrogen-bond acceptors (Lipinski definition) is 0. The molecule has 36 heavy (non-hydrogen) atoms. The minimum Gasteiger partial charge on any atom is -0.326 e. The molecule has 1 aliphatic heterocycles. The summed E-state index contributed by atoms with van der Waals surface area (Å²) in [6.07, 6.45) is 1.99. The molecule has 12 heteroatoms. The second-order valence-corrected chi connectivity index (χ2v) is 10.8. The lowest BCUT2D eigenvalue weighted by molar-refractivity contribution is -0.999. The Morgan fingerprint density at radius 2 is 0.861 bits per heavy atom. The van der Waals surface area contributed by atoms with E-state index < -0.39 is 82.1 Å². The molecule has 0 unspecified atom stereocenters. The van der Waals surface area contributed by atoms with Crippen LogP contribution >= 0.6 is 0 Å². The quantitative estimate of drug-likeness (QED) is 0.245. The van der Waals surface area contributed by atoms with Crippen molar-refractivity contribution in [2.45, 2.75) is 70.8 Å². The van der Waals surface area contributed by atoms with Crippen LogP contribution in [-0.2, 0) is 0 Å². The smallest absolute Gasteiger partial charge is 0.200 e. The van der Waals surface area contributed by atoms with Gasteiger partial charge in [0.05, 0.1) is 24.3 Å². The van der Waals surface area contributed by atoms with E-state index in [4.69, 9.17) is 0 Å². The van der Waals surface area contributed by atoms with E-state index in [0.717, 1.165) is 24.2 Å². The fourth-order valence-corrected chi connectivity index (χ4v) is 6.00. The van der Waals surface area contributed by atoms with Gasteiger partial charge in [-0.2, -0.15) is 6.32 Å². The molecule has 0 amide bonds. The Morgan fingerprint density at radius 1 is 0.556 bits per heavy atom. The van der Waals surface area contributed by atoms with Gasteiger partial charge in [-0.3, -0.25) is 0 Å². The van der Waals surface area contributed by atoms with E-state index in [-0.39, 0.29) is 24.0 Å². The van der Waals surface area contributed by atoms with Crippen molar-refractivity contribution in [2.75, 3.05) is 6.54 Å². The van der Waals surface area contributed by atoms with Gasteiger partial charge in [0, 0.05) is 12.8 Å². The molecule has 1 aliphatic rings. The monoisotopic (exact) mass is 529 g/mol. The van der Waals surface area contributed by atoms with Crippen LogP contribution in [0, 0.1) is 58.2 Å². The molecule has 0 spiro atoms. The Balaban J connectivity index is 2.14. The lowest BCUT2D eigenvalue weighted by Crippen LogP contribution is -3.26. The third-order valence-electron chi connectivity index (χ3n) is 7.72. The normalized spacial score (nSPS) is 17.8. The third-order valence-corrected chi connectivity index (χ3v) is 7.72. The van der Waals surface area contributed by atoms with Gasteiger partial charge >= 0.3 is 0 Å². The van der Waals surface area contributed by atoms with E-state index in [1.54, 1.807) is 0 Å². The number of quaternary nitrogens is 1.